The van der Waals surface area contributed by atoms with Gasteiger partial charge in [-0.1, -0.05) is 17.8 Å². The number of benzene rings is 1. The lowest BCUT2D eigenvalue weighted by Crippen LogP contribution is -2.01. The van der Waals surface area contributed by atoms with Crippen molar-refractivity contribution in [2.24, 2.45) is 0 Å². The number of rotatable bonds is 3. The fourth-order valence-corrected chi connectivity index (χ4v) is 2.52. The molecule has 0 radical (unpaired) electrons. The Labute approximate surface area is 117 Å². The van der Waals surface area contributed by atoms with Crippen molar-refractivity contribution in [3.63, 3.8) is 0 Å². The van der Waals surface area contributed by atoms with Crippen LogP contribution >= 0.6 is 11.8 Å². The van der Waals surface area contributed by atoms with Gasteiger partial charge >= 0.3 is 5.97 Å². The number of esters is 1. The summed E-state index contributed by atoms with van der Waals surface area (Å²) in [5.41, 5.74) is 3.03. The minimum atomic E-state index is -0.343. The highest BCUT2D eigenvalue weighted by atomic mass is 32.2. The Morgan fingerprint density at radius 3 is 2.63 bits per heavy atom. The molecule has 0 saturated carbocycles. The minimum Gasteiger partial charge on any atom is -0.465 e. The number of carbonyl (C=O) groups excluding carboxylic acids is 1. The largest absolute Gasteiger partial charge is 0.465 e. The van der Waals surface area contributed by atoms with E-state index < -0.39 is 0 Å². The Kier molecular flexibility index (Phi) is 4.22. The molecule has 4 heteroatoms. The molecule has 0 unspecified atom stereocenters. The number of methoxy groups -OCH3 is 1. The van der Waals surface area contributed by atoms with Crippen molar-refractivity contribution in [2.45, 2.75) is 23.8 Å². The number of ether oxygens (including phenoxy) is 1. The van der Waals surface area contributed by atoms with Crippen LogP contribution in [-0.4, -0.2) is 18.1 Å². The van der Waals surface area contributed by atoms with Crippen molar-refractivity contribution in [1.29, 1.82) is 0 Å². The van der Waals surface area contributed by atoms with Crippen molar-refractivity contribution >= 4 is 17.7 Å². The predicted molar refractivity (Wildman–Crippen MR) is 75.6 cm³/mol. The Bertz CT molecular complexity index is 611. The Morgan fingerprint density at radius 2 is 1.95 bits per heavy atom. The molecule has 0 aliphatic rings. The third-order valence-corrected chi connectivity index (χ3v) is 3.78. The van der Waals surface area contributed by atoms with Gasteiger partial charge in [0.05, 0.1) is 12.7 Å². The van der Waals surface area contributed by atoms with E-state index in [1.165, 1.54) is 30.0 Å². The summed E-state index contributed by atoms with van der Waals surface area (Å²) in [7, 11) is 1.37. The molecule has 19 heavy (non-hydrogen) atoms. The molecule has 0 N–H and O–H groups in total. The molecule has 0 spiro atoms. The molecule has 0 bridgehead atoms. The molecule has 0 aliphatic heterocycles. The van der Waals surface area contributed by atoms with E-state index in [4.69, 9.17) is 4.74 Å². The Hall–Kier alpha value is -1.81. The fraction of sp³-hybridized carbons (Fsp3) is 0.200. The molecule has 98 valence electrons. The van der Waals surface area contributed by atoms with Crippen molar-refractivity contribution in [3.8, 4) is 0 Å². The summed E-state index contributed by atoms with van der Waals surface area (Å²) in [4.78, 5) is 16.8. The van der Waals surface area contributed by atoms with Crippen LogP contribution in [0.3, 0.4) is 0 Å². The zero-order valence-electron chi connectivity index (χ0n) is 11.1. The number of hydrogen-bond acceptors (Lipinski definition) is 4. The van der Waals surface area contributed by atoms with E-state index in [9.17, 15) is 4.79 Å². The van der Waals surface area contributed by atoms with Gasteiger partial charge in [-0.15, -0.1) is 0 Å². The highest BCUT2D eigenvalue weighted by molar-refractivity contribution is 7.99. The highest BCUT2D eigenvalue weighted by Crippen LogP contribution is 2.28. The zero-order valence-corrected chi connectivity index (χ0v) is 12.0. The Balaban J connectivity index is 2.23. The third-order valence-electron chi connectivity index (χ3n) is 2.86. The van der Waals surface area contributed by atoms with Crippen molar-refractivity contribution in [1.82, 2.24) is 4.98 Å². The summed E-state index contributed by atoms with van der Waals surface area (Å²) >= 11 is 1.53. The van der Waals surface area contributed by atoms with Crippen LogP contribution in [-0.2, 0) is 4.74 Å². The molecular formula is C15H15NO2S. The van der Waals surface area contributed by atoms with Crippen LogP contribution in [0.5, 0.6) is 0 Å². The van der Waals surface area contributed by atoms with Gasteiger partial charge in [-0.2, -0.15) is 0 Å². The quantitative estimate of drug-likeness (QED) is 0.800. The van der Waals surface area contributed by atoms with Crippen LogP contribution in [0.25, 0.3) is 0 Å². The van der Waals surface area contributed by atoms with Crippen LogP contribution in [0.1, 0.15) is 21.5 Å². The molecule has 2 aromatic rings. The van der Waals surface area contributed by atoms with Gasteiger partial charge in [0.15, 0.2) is 0 Å². The van der Waals surface area contributed by atoms with E-state index >= 15 is 0 Å². The number of aromatic nitrogens is 1. The van der Waals surface area contributed by atoms with Crippen LogP contribution in [0, 0.1) is 13.8 Å². The molecule has 1 heterocycles. The number of aryl methyl sites for hydroxylation is 2. The van der Waals surface area contributed by atoms with E-state index in [1.54, 1.807) is 18.3 Å². The van der Waals surface area contributed by atoms with Gasteiger partial charge in [-0.3, -0.25) is 0 Å². The number of hydrogen-bond donors (Lipinski definition) is 0. The predicted octanol–water partition coefficient (Wildman–Crippen LogP) is 3.64. The maximum Gasteiger partial charge on any atom is 0.337 e. The van der Waals surface area contributed by atoms with E-state index in [0.717, 1.165) is 9.92 Å². The molecule has 1 aromatic carbocycles. The second-order valence-corrected chi connectivity index (χ2v) is 5.32. The average Bonchev–Trinajstić information content (AvgIpc) is 2.42. The minimum absolute atomic E-state index is 0.343. The lowest BCUT2D eigenvalue weighted by Gasteiger charge is -2.05. The average molecular weight is 273 g/mol. The summed E-state index contributed by atoms with van der Waals surface area (Å²) in [5, 5.41) is 0.783. The first-order chi connectivity index (χ1) is 9.10. The van der Waals surface area contributed by atoms with Gasteiger partial charge in [0, 0.05) is 11.1 Å². The highest BCUT2D eigenvalue weighted by Gasteiger charge is 2.07. The molecule has 3 nitrogen and oxygen atoms in total. The fourth-order valence-electron chi connectivity index (χ4n) is 1.61. The van der Waals surface area contributed by atoms with E-state index in [1.807, 2.05) is 0 Å². The second-order valence-electron chi connectivity index (χ2n) is 4.22. The Morgan fingerprint density at radius 1 is 1.16 bits per heavy atom. The normalized spacial score (nSPS) is 10.3. The molecule has 0 aliphatic carbocycles. The summed E-state index contributed by atoms with van der Waals surface area (Å²) in [6.07, 6.45) is 1.62. The molecule has 0 fully saturated rings. The summed E-state index contributed by atoms with van der Waals surface area (Å²) in [6.45, 7) is 4.16. The summed E-state index contributed by atoms with van der Waals surface area (Å²) < 4.78 is 4.70. The van der Waals surface area contributed by atoms with E-state index in [2.05, 4.69) is 37.0 Å². The van der Waals surface area contributed by atoms with Crippen LogP contribution in [0.2, 0.25) is 0 Å². The van der Waals surface area contributed by atoms with Gasteiger partial charge < -0.3 is 4.74 Å². The maximum atomic E-state index is 11.5. The van der Waals surface area contributed by atoms with Crippen molar-refractivity contribution in [2.75, 3.05) is 7.11 Å². The summed E-state index contributed by atoms with van der Waals surface area (Å²) in [5.74, 6) is -0.343. The van der Waals surface area contributed by atoms with E-state index in [-0.39, 0.29) is 5.97 Å². The van der Waals surface area contributed by atoms with Crippen LogP contribution < -0.4 is 0 Å². The van der Waals surface area contributed by atoms with E-state index in [0.29, 0.717) is 5.56 Å². The number of nitrogens with zero attached hydrogens (tertiary/aromatic N) is 1. The molecule has 0 amide bonds. The lowest BCUT2D eigenvalue weighted by atomic mass is 10.1. The zero-order chi connectivity index (χ0) is 13.8. The third kappa shape index (κ3) is 3.35. The van der Waals surface area contributed by atoms with Gasteiger partial charge in [0.2, 0.25) is 0 Å². The topological polar surface area (TPSA) is 39.2 Å². The molecule has 0 atom stereocenters. The monoisotopic (exact) mass is 273 g/mol. The second kappa shape index (κ2) is 5.89. The first-order valence-corrected chi connectivity index (χ1v) is 6.71. The van der Waals surface area contributed by atoms with Crippen LogP contribution in [0.4, 0.5) is 0 Å². The number of carbonyl (C=O) groups is 1. The first kappa shape index (κ1) is 13.6. The standard InChI is InChI=1S/C15H15NO2S/c1-10-4-5-13(8-11(10)2)19-14-9-12(6-7-16-14)15(17)18-3/h4-9H,1-3H3. The van der Waals surface area contributed by atoms with Gasteiger partial charge in [0.25, 0.3) is 0 Å². The molecule has 0 saturated heterocycles. The van der Waals surface area contributed by atoms with Gasteiger partial charge in [-0.05, 0) is 49.2 Å². The SMILES string of the molecule is COC(=O)c1ccnc(Sc2ccc(C)c(C)c2)c1. The van der Waals surface area contributed by atoms with Crippen molar-refractivity contribution < 1.29 is 9.53 Å². The van der Waals surface area contributed by atoms with Crippen LogP contribution in [0.15, 0.2) is 46.5 Å². The van der Waals surface area contributed by atoms with Gasteiger partial charge in [0.1, 0.15) is 5.03 Å². The molecule has 1 aromatic heterocycles. The summed E-state index contributed by atoms with van der Waals surface area (Å²) in [6, 6.07) is 9.65. The molecular weight excluding hydrogens is 258 g/mol. The van der Waals surface area contributed by atoms with Crippen molar-refractivity contribution in [3.05, 3.63) is 53.2 Å². The maximum absolute atomic E-state index is 11.5. The number of pyridine rings is 1. The first-order valence-electron chi connectivity index (χ1n) is 5.89. The van der Waals surface area contributed by atoms with Gasteiger partial charge in [-0.25, -0.2) is 9.78 Å². The lowest BCUT2D eigenvalue weighted by molar-refractivity contribution is 0.0600. The smallest absolute Gasteiger partial charge is 0.337 e. The molecule has 2 rings (SSSR count).